The molecule has 1 heterocycles. The number of hydrogen-bond donors (Lipinski definition) is 1. The molecular weight excluding hydrogens is 324 g/mol. The molecule has 0 radical (unpaired) electrons. The van der Waals surface area contributed by atoms with Crippen LogP contribution in [0.25, 0.3) is 5.57 Å². The number of anilines is 1. The van der Waals surface area contributed by atoms with Gasteiger partial charge < -0.3 is 15.4 Å². The Morgan fingerprint density at radius 3 is 2.75 bits per heavy atom. The third-order valence-corrected chi connectivity index (χ3v) is 4.34. The topological polar surface area (TPSA) is 55.6 Å². The molecule has 0 aliphatic carbocycles. The van der Waals surface area contributed by atoms with Gasteiger partial charge >= 0.3 is 6.09 Å². The van der Waals surface area contributed by atoms with E-state index in [-0.39, 0.29) is 17.6 Å². The summed E-state index contributed by atoms with van der Waals surface area (Å²) >= 11 is 6.13. The molecule has 1 aliphatic heterocycles. The predicted octanol–water partition coefficient (Wildman–Crippen LogP) is 4.97. The SMILES string of the molecule is CCOC(=O)N1CCC(c2cc(Cl)ccc2N)=CC1CC(C)(C)C. The van der Waals surface area contributed by atoms with Crippen molar-refractivity contribution in [2.45, 2.75) is 46.6 Å². The monoisotopic (exact) mass is 350 g/mol. The van der Waals surface area contributed by atoms with Gasteiger partial charge in [-0.3, -0.25) is 0 Å². The Balaban J connectivity index is 2.36. The largest absolute Gasteiger partial charge is 0.450 e. The van der Waals surface area contributed by atoms with Gasteiger partial charge in [0.2, 0.25) is 0 Å². The van der Waals surface area contributed by atoms with E-state index in [0.717, 1.165) is 24.0 Å². The van der Waals surface area contributed by atoms with E-state index in [1.165, 1.54) is 0 Å². The van der Waals surface area contributed by atoms with Crippen LogP contribution in [0.1, 0.15) is 46.1 Å². The zero-order valence-corrected chi connectivity index (χ0v) is 15.7. The fraction of sp³-hybridized carbons (Fsp3) is 0.526. The number of carbonyl (C=O) groups excluding carboxylic acids is 1. The lowest BCUT2D eigenvalue weighted by atomic mass is 9.84. The smallest absolute Gasteiger partial charge is 0.410 e. The predicted molar refractivity (Wildman–Crippen MR) is 100 cm³/mol. The number of benzene rings is 1. The number of hydrogen-bond acceptors (Lipinski definition) is 3. The van der Waals surface area contributed by atoms with Crippen LogP contribution in [0.4, 0.5) is 10.5 Å². The molecule has 24 heavy (non-hydrogen) atoms. The van der Waals surface area contributed by atoms with Crippen molar-refractivity contribution in [3.05, 3.63) is 34.9 Å². The molecule has 0 aromatic heterocycles. The van der Waals surface area contributed by atoms with Crippen LogP contribution < -0.4 is 5.73 Å². The molecule has 0 bridgehead atoms. The molecule has 1 unspecified atom stereocenters. The molecule has 0 saturated carbocycles. The van der Waals surface area contributed by atoms with Crippen molar-refractivity contribution < 1.29 is 9.53 Å². The summed E-state index contributed by atoms with van der Waals surface area (Å²) in [7, 11) is 0. The summed E-state index contributed by atoms with van der Waals surface area (Å²) in [6.45, 7) is 9.35. The van der Waals surface area contributed by atoms with E-state index >= 15 is 0 Å². The highest BCUT2D eigenvalue weighted by molar-refractivity contribution is 6.30. The van der Waals surface area contributed by atoms with Gasteiger partial charge in [-0.05, 0) is 49.0 Å². The van der Waals surface area contributed by atoms with Gasteiger partial charge in [0.25, 0.3) is 0 Å². The van der Waals surface area contributed by atoms with Crippen molar-refractivity contribution in [3.63, 3.8) is 0 Å². The Bertz CT molecular complexity index is 635. The van der Waals surface area contributed by atoms with Crippen LogP contribution in [0, 0.1) is 5.41 Å². The number of halogens is 1. The lowest BCUT2D eigenvalue weighted by molar-refractivity contribution is 0.0888. The Hall–Kier alpha value is -1.68. The molecule has 1 aliphatic rings. The maximum Gasteiger partial charge on any atom is 0.410 e. The van der Waals surface area contributed by atoms with Crippen LogP contribution in [0.5, 0.6) is 0 Å². The van der Waals surface area contributed by atoms with E-state index < -0.39 is 0 Å². The van der Waals surface area contributed by atoms with E-state index in [1.807, 2.05) is 24.0 Å². The second-order valence-electron chi connectivity index (χ2n) is 7.40. The molecule has 5 heteroatoms. The number of ether oxygens (including phenoxy) is 1. The van der Waals surface area contributed by atoms with Crippen LogP contribution >= 0.6 is 11.6 Å². The fourth-order valence-electron chi connectivity index (χ4n) is 3.07. The summed E-state index contributed by atoms with van der Waals surface area (Å²) in [5, 5.41) is 0.667. The third-order valence-electron chi connectivity index (χ3n) is 4.10. The summed E-state index contributed by atoms with van der Waals surface area (Å²) in [4.78, 5) is 14.1. The normalized spacial score (nSPS) is 18.3. The first kappa shape index (κ1) is 18.7. The molecule has 1 aromatic rings. The highest BCUT2D eigenvalue weighted by Gasteiger charge is 2.31. The van der Waals surface area contributed by atoms with E-state index in [4.69, 9.17) is 22.1 Å². The van der Waals surface area contributed by atoms with Gasteiger partial charge in [-0.25, -0.2) is 4.79 Å². The number of nitrogens with zero attached hydrogens (tertiary/aromatic N) is 1. The van der Waals surface area contributed by atoms with E-state index in [0.29, 0.717) is 23.9 Å². The van der Waals surface area contributed by atoms with E-state index in [1.54, 1.807) is 6.07 Å². The zero-order valence-electron chi connectivity index (χ0n) is 14.9. The van der Waals surface area contributed by atoms with Gasteiger partial charge in [-0.2, -0.15) is 0 Å². The van der Waals surface area contributed by atoms with Crippen molar-refractivity contribution in [2.24, 2.45) is 5.41 Å². The average Bonchev–Trinajstić information content (AvgIpc) is 2.48. The molecule has 1 atom stereocenters. The number of amides is 1. The molecular formula is C19H27ClN2O2. The quantitative estimate of drug-likeness (QED) is 0.783. The third kappa shape index (κ3) is 4.67. The molecule has 2 rings (SSSR count). The first-order valence-electron chi connectivity index (χ1n) is 8.41. The highest BCUT2D eigenvalue weighted by atomic mass is 35.5. The Morgan fingerprint density at radius 1 is 1.42 bits per heavy atom. The van der Waals surface area contributed by atoms with E-state index in [2.05, 4.69) is 26.8 Å². The number of rotatable bonds is 3. The first-order valence-corrected chi connectivity index (χ1v) is 8.78. The molecule has 0 fully saturated rings. The Labute approximate surface area is 149 Å². The van der Waals surface area contributed by atoms with Crippen molar-refractivity contribution in [2.75, 3.05) is 18.9 Å². The van der Waals surface area contributed by atoms with Crippen LogP contribution in [0.2, 0.25) is 5.02 Å². The van der Waals surface area contributed by atoms with Crippen LogP contribution in [0.15, 0.2) is 24.3 Å². The van der Waals surface area contributed by atoms with Crippen molar-refractivity contribution in [1.82, 2.24) is 4.90 Å². The van der Waals surface area contributed by atoms with Crippen LogP contribution in [-0.4, -0.2) is 30.2 Å². The fourth-order valence-corrected chi connectivity index (χ4v) is 3.25. The summed E-state index contributed by atoms with van der Waals surface area (Å²) in [6, 6.07) is 5.51. The maximum atomic E-state index is 12.3. The minimum Gasteiger partial charge on any atom is -0.450 e. The molecule has 0 saturated heterocycles. The van der Waals surface area contributed by atoms with Gasteiger partial charge in [0.15, 0.2) is 0 Å². The summed E-state index contributed by atoms with van der Waals surface area (Å²) in [5.74, 6) is 0. The summed E-state index contributed by atoms with van der Waals surface area (Å²) < 4.78 is 5.22. The summed E-state index contributed by atoms with van der Waals surface area (Å²) in [6.07, 6.45) is 3.49. The van der Waals surface area contributed by atoms with Crippen LogP contribution in [0.3, 0.4) is 0 Å². The number of nitrogens with two attached hydrogens (primary N) is 1. The van der Waals surface area contributed by atoms with Gasteiger partial charge in [0.1, 0.15) is 0 Å². The van der Waals surface area contributed by atoms with E-state index in [9.17, 15) is 4.79 Å². The molecule has 1 aromatic carbocycles. The second kappa shape index (κ2) is 7.47. The molecule has 132 valence electrons. The standard InChI is InChI=1S/C19H27ClN2O2/c1-5-24-18(23)22-9-8-13(10-15(22)12-19(2,3)4)16-11-14(20)6-7-17(16)21/h6-7,10-11,15H,5,8-9,12,21H2,1-4H3. The molecule has 4 nitrogen and oxygen atoms in total. The number of carbonyl (C=O) groups is 1. The summed E-state index contributed by atoms with van der Waals surface area (Å²) in [5.41, 5.74) is 9.04. The van der Waals surface area contributed by atoms with Crippen molar-refractivity contribution in [1.29, 1.82) is 0 Å². The minimum absolute atomic E-state index is 0.00817. The lowest BCUT2D eigenvalue weighted by Gasteiger charge is -2.37. The first-order chi connectivity index (χ1) is 11.2. The minimum atomic E-state index is -0.249. The van der Waals surface area contributed by atoms with Gasteiger partial charge in [0.05, 0.1) is 12.6 Å². The molecule has 1 amide bonds. The van der Waals surface area contributed by atoms with Gasteiger partial charge in [-0.1, -0.05) is 38.4 Å². The Morgan fingerprint density at radius 2 is 2.12 bits per heavy atom. The van der Waals surface area contributed by atoms with Gasteiger partial charge in [0, 0.05) is 22.8 Å². The molecule has 2 N–H and O–H groups in total. The van der Waals surface area contributed by atoms with Crippen molar-refractivity contribution >= 4 is 29.0 Å². The Kier molecular flexibility index (Phi) is 5.81. The lowest BCUT2D eigenvalue weighted by Crippen LogP contribution is -2.44. The molecule has 0 spiro atoms. The zero-order chi connectivity index (χ0) is 17.9. The second-order valence-corrected chi connectivity index (χ2v) is 7.83. The average molecular weight is 351 g/mol. The van der Waals surface area contributed by atoms with Gasteiger partial charge in [-0.15, -0.1) is 0 Å². The maximum absolute atomic E-state index is 12.3. The van der Waals surface area contributed by atoms with Crippen LogP contribution in [-0.2, 0) is 4.74 Å². The number of nitrogen functional groups attached to an aromatic ring is 1. The highest BCUT2D eigenvalue weighted by Crippen LogP contribution is 2.34. The van der Waals surface area contributed by atoms with Crippen molar-refractivity contribution in [3.8, 4) is 0 Å².